The first-order valence-corrected chi connectivity index (χ1v) is 0. The summed E-state index contributed by atoms with van der Waals surface area (Å²) in [4.78, 5) is 0. The van der Waals surface area contributed by atoms with Crippen molar-refractivity contribution in [2.45, 2.75) is 0 Å². The monoisotopic (exact) mass is 335 g/mol. The molecular weight excluding hydrogens is 337 g/mol. The van der Waals surface area contributed by atoms with Crippen molar-refractivity contribution in [1.29, 1.82) is 0 Å². The van der Waals surface area contributed by atoms with Gasteiger partial charge in [0.2, 0.25) is 0 Å². The standard InChI is InChI=1S/6ClH.Na.Ru/h6*1H;;/q;;;;;;+1;+3/p-6. The van der Waals surface area contributed by atoms with Crippen LogP contribution in [0, 0.1) is 0 Å². The topological polar surface area (TPSA) is 0 Å². The third kappa shape index (κ3) is 57.9. The fraction of sp³-hybridized carbons (Fsp3) is 0. The van der Waals surface area contributed by atoms with Gasteiger partial charge in [0, 0.05) is 0 Å². The van der Waals surface area contributed by atoms with Crippen LogP contribution in [0.2, 0.25) is 0 Å². The first kappa shape index (κ1) is 108. The van der Waals surface area contributed by atoms with Crippen LogP contribution >= 0.6 is 0 Å². The molecule has 0 saturated heterocycles. The van der Waals surface area contributed by atoms with Crippen molar-refractivity contribution in [3.8, 4) is 0 Å². The van der Waals surface area contributed by atoms with Crippen molar-refractivity contribution in [2.75, 3.05) is 0 Å². The van der Waals surface area contributed by atoms with Gasteiger partial charge in [-0.05, 0) is 0 Å². The average Bonchev–Trinajstić information content (AvgIpc) is 0. The van der Waals surface area contributed by atoms with E-state index in [9.17, 15) is 0 Å². The molecule has 8 heteroatoms. The summed E-state index contributed by atoms with van der Waals surface area (Å²) >= 11 is 0. The molecule has 0 saturated carbocycles. The predicted molar refractivity (Wildman–Crippen MR) is 0 cm³/mol. The van der Waals surface area contributed by atoms with E-state index in [-0.39, 0.29) is 123 Å². The Kier molecular flexibility index (Phi) is 1080. The molecular formula is Cl6NaRu-2. The van der Waals surface area contributed by atoms with E-state index >= 15 is 0 Å². The van der Waals surface area contributed by atoms with Crippen molar-refractivity contribution < 1.29 is 123 Å². The minimum absolute atomic E-state index is 0. The number of rotatable bonds is 0. The maximum atomic E-state index is 0. The van der Waals surface area contributed by atoms with E-state index in [1.807, 2.05) is 0 Å². The van der Waals surface area contributed by atoms with Crippen molar-refractivity contribution in [3.05, 3.63) is 0 Å². The maximum absolute atomic E-state index is 0. The molecule has 0 amide bonds. The number of hydrogen-bond donors (Lipinski definition) is 0. The zero-order chi connectivity index (χ0) is 0. The zero-order valence-corrected chi connectivity index (χ0v) is 11.9. The molecule has 0 fully saturated rings. The molecule has 0 aromatic heterocycles. The van der Waals surface area contributed by atoms with Crippen LogP contribution in [0.5, 0.6) is 0 Å². The molecule has 0 nitrogen and oxygen atoms in total. The van der Waals surface area contributed by atoms with Crippen LogP contribution in [0.25, 0.3) is 0 Å². The van der Waals surface area contributed by atoms with E-state index in [2.05, 4.69) is 0 Å². The minimum Gasteiger partial charge on any atom is -1.00 e. The third-order valence-corrected chi connectivity index (χ3v) is 0. The largest absolute Gasteiger partial charge is 3.00 e. The Morgan fingerprint density at radius 1 is 0.375 bits per heavy atom. The number of hydrogen-bond acceptors (Lipinski definition) is 0. The van der Waals surface area contributed by atoms with Crippen LogP contribution in [-0.2, 0) is 19.5 Å². The van der Waals surface area contributed by atoms with Gasteiger partial charge in [-0.1, -0.05) is 0 Å². The summed E-state index contributed by atoms with van der Waals surface area (Å²) in [5.41, 5.74) is 0. The van der Waals surface area contributed by atoms with Crippen LogP contribution in [0.15, 0.2) is 0 Å². The summed E-state index contributed by atoms with van der Waals surface area (Å²) in [5.74, 6) is 0. The van der Waals surface area contributed by atoms with E-state index in [1.165, 1.54) is 0 Å². The summed E-state index contributed by atoms with van der Waals surface area (Å²) in [6.07, 6.45) is 0. The average molecular weight is 337 g/mol. The van der Waals surface area contributed by atoms with Gasteiger partial charge in [-0.25, -0.2) is 0 Å². The first-order chi connectivity index (χ1) is 0. The molecule has 0 aliphatic rings. The Balaban J connectivity index is 0. The van der Waals surface area contributed by atoms with Crippen LogP contribution in [0.4, 0.5) is 0 Å². The molecule has 0 spiro atoms. The molecule has 0 atom stereocenters. The van der Waals surface area contributed by atoms with Crippen molar-refractivity contribution in [3.63, 3.8) is 0 Å². The predicted octanol–water partition coefficient (Wildman–Crippen LogP) is -21.0. The Labute approximate surface area is 122 Å². The molecule has 0 bridgehead atoms. The molecule has 0 aromatic carbocycles. The molecule has 0 heterocycles. The second kappa shape index (κ2) is 80.3. The van der Waals surface area contributed by atoms with Gasteiger partial charge in [-0.15, -0.1) is 0 Å². The summed E-state index contributed by atoms with van der Waals surface area (Å²) in [5, 5.41) is 0. The molecule has 1 radical (unpaired) electrons. The van der Waals surface area contributed by atoms with Crippen molar-refractivity contribution in [1.82, 2.24) is 0 Å². The van der Waals surface area contributed by atoms with Crippen molar-refractivity contribution >= 4 is 0 Å². The van der Waals surface area contributed by atoms with Crippen LogP contribution in [-0.4, -0.2) is 0 Å². The Morgan fingerprint density at radius 2 is 0.375 bits per heavy atom. The second-order valence-electron chi connectivity index (χ2n) is 0. The normalized spacial score (nSPS) is 0. The van der Waals surface area contributed by atoms with Crippen LogP contribution < -0.4 is 104 Å². The third-order valence-electron chi connectivity index (χ3n) is 0. The smallest absolute Gasteiger partial charge is 1.00 e. The summed E-state index contributed by atoms with van der Waals surface area (Å²) in [6, 6.07) is 0. The van der Waals surface area contributed by atoms with Gasteiger partial charge in [0.25, 0.3) is 0 Å². The van der Waals surface area contributed by atoms with Gasteiger partial charge in [-0.3, -0.25) is 0 Å². The van der Waals surface area contributed by atoms with Gasteiger partial charge < -0.3 is 74.4 Å². The summed E-state index contributed by atoms with van der Waals surface area (Å²) < 4.78 is 0. The molecule has 53 valence electrons. The van der Waals surface area contributed by atoms with E-state index < -0.39 is 0 Å². The van der Waals surface area contributed by atoms with Crippen LogP contribution in [0.3, 0.4) is 0 Å². The molecule has 0 unspecified atom stereocenters. The fourth-order valence-electron chi connectivity index (χ4n) is 0. The zero-order valence-electron chi connectivity index (χ0n) is 3.62. The molecule has 8 heavy (non-hydrogen) atoms. The quantitative estimate of drug-likeness (QED) is 0.386. The van der Waals surface area contributed by atoms with E-state index in [0.717, 1.165) is 0 Å². The minimum atomic E-state index is 0. The second-order valence-corrected chi connectivity index (χ2v) is 0. The van der Waals surface area contributed by atoms with E-state index in [1.54, 1.807) is 0 Å². The molecule has 0 aliphatic heterocycles. The van der Waals surface area contributed by atoms with E-state index in [0.29, 0.717) is 0 Å². The maximum Gasteiger partial charge on any atom is 3.00 e. The Hall–Kier alpha value is 3.36. The van der Waals surface area contributed by atoms with Crippen LogP contribution in [0.1, 0.15) is 0 Å². The Morgan fingerprint density at radius 3 is 0.375 bits per heavy atom. The molecule has 0 aliphatic carbocycles. The number of halogens is 6. The van der Waals surface area contributed by atoms with Crippen molar-refractivity contribution in [2.24, 2.45) is 0 Å². The van der Waals surface area contributed by atoms with Gasteiger partial charge >= 0.3 is 49.0 Å². The van der Waals surface area contributed by atoms with Gasteiger partial charge in [0.05, 0.1) is 0 Å². The fourth-order valence-corrected chi connectivity index (χ4v) is 0. The van der Waals surface area contributed by atoms with Gasteiger partial charge in [0.15, 0.2) is 0 Å². The Bertz CT molecular complexity index is 8.49. The molecule has 0 N–H and O–H groups in total. The SMILES string of the molecule is [Cl-].[Cl-].[Cl-].[Cl-].[Cl-].[Cl-].[Na+].[Ru+3]. The van der Waals surface area contributed by atoms with E-state index in [4.69, 9.17) is 0 Å². The first-order valence-electron chi connectivity index (χ1n) is 0. The molecule has 0 rings (SSSR count). The summed E-state index contributed by atoms with van der Waals surface area (Å²) in [7, 11) is 0. The van der Waals surface area contributed by atoms with Gasteiger partial charge in [-0.2, -0.15) is 0 Å². The van der Waals surface area contributed by atoms with Gasteiger partial charge in [0.1, 0.15) is 0 Å². The molecule has 0 aromatic rings. The summed E-state index contributed by atoms with van der Waals surface area (Å²) in [6.45, 7) is 0.